The molecule has 0 radical (unpaired) electrons. The Bertz CT molecular complexity index is 1230. The molecule has 0 atom stereocenters. The number of benzene rings is 2. The summed E-state index contributed by atoms with van der Waals surface area (Å²) in [4.78, 5) is 8.97. The van der Waals surface area contributed by atoms with Gasteiger partial charge in [-0.3, -0.25) is 0 Å². The number of fused-ring (bicyclic) bond motifs is 1. The van der Waals surface area contributed by atoms with Crippen LogP contribution < -0.4 is 10.5 Å². The molecule has 0 bridgehead atoms. The Hall–Kier alpha value is -3.16. The van der Waals surface area contributed by atoms with Gasteiger partial charge in [0.05, 0.1) is 10.6 Å². The van der Waals surface area contributed by atoms with Gasteiger partial charge in [-0.15, -0.1) is 0 Å². The summed E-state index contributed by atoms with van der Waals surface area (Å²) in [5, 5.41) is 15.0. The maximum Gasteiger partial charge on any atom is 0.153 e. The molecule has 4 aromatic rings. The van der Waals surface area contributed by atoms with Crippen LogP contribution in [0.25, 0.3) is 16.8 Å². The average Bonchev–Trinajstić information content (AvgIpc) is 3.09. The van der Waals surface area contributed by atoms with Crippen molar-refractivity contribution in [2.45, 2.75) is 31.3 Å². The Kier molecular flexibility index (Phi) is 4.38. The van der Waals surface area contributed by atoms with Crippen molar-refractivity contribution in [1.82, 2.24) is 19.6 Å². The lowest BCUT2D eigenvalue weighted by molar-refractivity contribution is -0.0337. The van der Waals surface area contributed by atoms with Crippen LogP contribution in [0.15, 0.2) is 54.9 Å². The minimum absolute atomic E-state index is 0.103. The van der Waals surface area contributed by atoms with Crippen LogP contribution in [-0.4, -0.2) is 30.3 Å². The number of hydrogen-bond acceptors (Lipinski definition) is 6. The van der Waals surface area contributed by atoms with Crippen molar-refractivity contribution in [2.75, 3.05) is 5.73 Å². The molecule has 1 aliphatic rings. The van der Waals surface area contributed by atoms with Crippen molar-refractivity contribution < 1.29 is 9.84 Å². The van der Waals surface area contributed by atoms with E-state index in [2.05, 4.69) is 10.1 Å². The number of imidazole rings is 1. The zero-order valence-corrected chi connectivity index (χ0v) is 17.0. The van der Waals surface area contributed by atoms with E-state index in [1.54, 1.807) is 10.6 Å². The summed E-state index contributed by atoms with van der Waals surface area (Å²) in [6.07, 6.45) is 2.66. The largest absolute Gasteiger partial charge is 0.456 e. The van der Waals surface area contributed by atoms with Crippen LogP contribution in [0.2, 0.25) is 5.02 Å². The fourth-order valence-corrected chi connectivity index (χ4v) is 4.19. The summed E-state index contributed by atoms with van der Waals surface area (Å²) in [6, 6.07) is 15.0. The number of nitrogen functional groups attached to an aromatic ring is 1. The number of aromatic nitrogens is 4. The van der Waals surface area contributed by atoms with Gasteiger partial charge in [-0.1, -0.05) is 29.8 Å². The SMILES string of the molecule is C[C@]1(O)C[C@@H](c2nc(-c3ccc(Oc4ccccc4)c(Cl)c3)c3c(N)ncnn32)C1. The molecule has 5 rings (SSSR count). The molecule has 0 saturated heterocycles. The molecule has 2 aromatic carbocycles. The van der Waals surface area contributed by atoms with Gasteiger partial charge in [0, 0.05) is 11.5 Å². The highest BCUT2D eigenvalue weighted by Gasteiger charge is 2.42. The first-order valence-electron chi connectivity index (χ1n) is 9.65. The Labute approximate surface area is 178 Å². The van der Waals surface area contributed by atoms with Gasteiger partial charge in [-0.05, 0) is 50.1 Å². The first-order valence-corrected chi connectivity index (χ1v) is 10.0. The predicted molar refractivity (Wildman–Crippen MR) is 115 cm³/mol. The number of aliphatic hydroxyl groups is 1. The Morgan fingerprint density at radius 1 is 1.20 bits per heavy atom. The summed E-state index contributed by atoms with van der Waals surface area (Å²) in [6.45, 7) is 1.83. The second kappa shape index (κ2) is 6.97. The molecule has 1 fully saturated rings. The predicted octanol–water partition coefficient (Wildman–Crippen LogP) is 4.45. The molecular weight excluding hydrogens is 402 g/mol. The highest BCUT2D eigenvalue weighted by molar-refractivity contribution is 6.32. The van der Waals surface area contributed by atoms with Gasteiger partial charge in [0.1, 0.15) is 34.9 Å². The number of nitrogens with two attached hydrogens (primary N) is 1. The number of halogens is 1. The van der Waals surface area contributed by atoms with E-state index in [1.165, 1.54) is 6.33 Å². The first kappa shape index (κ1) is 18.8. The topological polar surface area (TPSA) is 98.6 Å². The van der Waals surface area contributed by atoms with Crippen molar-refractivity contribution >= 4 is 22.9 Å². The highest BCUT2D eigenvalue weighted by Crippen LogP contribution is 2.45. The van der Waals surface area contributed by atoms with E-state index < -0.39 is 5.60 Å². The van der Waals surface area contributed by atoms with Crippen LogP contribution in [0.3, 0.4) is 0 Å². The average molecular weight is 422 g/mol. The van der Waals surface area contributed by atoms with E-state index in [0.29, 0.717) is 46.4 Å². The van der Waals surface area contributed by atoms with Crippen molar-refractivity contribution in [3.8, 4) is 22.8 Å². The molecule has 30 heavy (non-hydrogen) atoms. The van der Waals surface area contributed by atoms with Crippen molar-refractivity contribution in [2.24, 2.45) is 0 Å². The molecule has 8 heteroatoms. The minimum atomic E-state index is -0.672. The molecule has 1 saturated carbocycles. The third kappa shape index (κ3) is 3.26. The lowest BCUT2D eigenvalue weighted by atomic mass is 9.72. The molecule has 152 valence electrons. The molecule has 0 amide bonds. The van der Waals surface area contributed by atoms with Crippen molar-refractivity contribution in [1.29, 1.82) is 0 Å². The van der Waals surface area contributed by atoms with Crippen LogP contribution in [-0.2, 0) is 0 Å². The normalized spacial score (nSPS) is 20.8. The number of hydrogen-bond donors (Lipinski definition) is 2. The Balaban J connectivity index is 1.55. The van der Waals surface area contributed by atoms with Gasteiger partial charge in [-0.25, -0.2) is 14.5 Å². The molecule has 7 nitrogen and oxygen atoms in total. The van der Waals surface area contributed by atoms with E-state index in [4.69, 9.17) is 27.1 Å². The monoisotopic (exact) mass is 421 g/mol. The number of anilines is 1. The summed E-state index contributed by atoms with van der Waals surface area (Å²) in [5.41, 5.74) is 7.58. The van der Waals surface area contributed by atoms with Gasteiger partial charge in [0.2, 0.25) is 0 Å². The molecular formula is C22H20ClN5O2. The maximum absolute atomic E-state index is 10.2. The zero-order chi connectivity index (χ0) is 20.9. The van der Waals surface area contributed by atoms with Gasteiger partial charge < -0.3 is 15.6 Å². The highest BCUT2D eigenvalue weighted by atomic mass is 35.5. The second-order valence-electron chi connectivity index (χ2n) is 7.89. The van der Waals surface area contributed by atoms with E-state index in [-0.39, 0.29) is 5.92 Å². The quantitative estimate of drug-likeness (QED) is 0.505. The van der Waals surface area contributed by atoms with E-state index >= 15 is 0 Å². The third-order valence-electron chi connectivity index (χ3n) is 5.40. The van der Waals surface area contributed by atoms with Crippen LogP contribution >= 0.6 is 11.6 Å². The van der Waals surface area contributed by atoms with Crippen LogP contribution in [0.5, 0.6) is 11.5 Å². The minimum Gasteiger partial charge on any atom is -0.456 e. The molecule has 0 aliphatic heterocycles. The molecule has 2 heterocycles. The smallest absolute Gasteiger partial charge is 0.153 e. The number of rotatable bonds is 4. The summed E-state index contributed by atoms with van der Waals surface area (Å²) < 4.78 is 7.59. The third-order valence-corrected chi connectivity index (χ3v) is 5.70. The first-order chi connectivity index (χ1) is 14.4. The van der Waals surface area contributed by atoms with E-state index in [0.717, 1.165) is 11.4 Å². The van der Waals surface area contributed by atoms with Crippen LogP contribution in [0.4, 0.5) is 5.82 Å². The summed E-state index contributed by atoms with van der Waals surface area (Å²) in [5.74, 6) is 2.46. The standard InChI is InChI=1S/C22H20ClN5O2/c1-22(29)10-14(11-22)21-27-18(19-20(24)25-12-26-28(19)21)13-7-8-17(16(23)9-13)30-15-5-3-2-4-6-15/h2-9,12,14,29H,10-11H2,1H3,(H2,24,25,26)/t14-,22+. The fourth-order valence-electron chi connectivity index (χ4n) is 3.97. The Morgan fingerprint density at radius 2 is 1.97 bits per heavy atom. The van der Waals surface area contributed by atoms with E-state index in [1.807, 2.05) is 49.4 Å². The van der Waals surface area contributed by atoms with E-state index in [9.17, 15) is 5.11 Å². The van der Waals surface area contributed by atoms with Gasteiger partial charge in [0.15, 0.2) is 5.82 Å². The molecule has 0 spiro atoms. The molecule has 0 unspecified atom stereocenters. The fraction of sp³-hybridized carbons (Fsp3) is 0.227. The maximum atomic E-state index is 10.2. The molecule has 1 aliphatic carbocycles. The summed E-state index contributed by atoms with van der Waals surface area (Å²) >= 11 is 6.51. The van der Waals surface area contributed by atoms with Crippen LogP contribution in [0.1, 0.15) is 31.5 Å². The van der Waals surface area contributed by atoms with Gasteiger partial charge in [-0.2, -0.15) is 5.10 Å². The van der Waals surface area contributed by atoms with Crippen LogP contribution in [0, 0.1) is 0 Å². The zero-order valence-electron chi connectivity index (χ0n) is 16.3. The second-order valence-corrected chi connectivity index (χ2v) is 8.29. The lowest BCUT2D eigenvalue weighted by Crippen LogP contribution is -2.40. The molecule has 3 N–H and O–H groups in total. The number of para-hydroxylation sites is 1. The lowest BCUT2D eigenvalue weighted by Gasteiger charge is -2.39. The van der Waals surface area contributed by atoms with Crippen molar-refractivity contribution in [3.63, 3.8) is 0 Å². The van der Waals surface area contributed by atoms with Gasteiger partial charge in [0.25, 0.3) is 0 Å². The number of nitrogens with zero attached hydrogens (tertiary/aromatic N) is 4. The Morgan fingerprint density at radius 3 is 2.67 bits per heavy atom. The summed E-state index contributed by atoms with van der Waals surface area (Å²) in [7, 11) is 0. The molecule has 2 aromatic heterocycles. The van der Waals surface area contributed by atoms with Crippen molar-refractivity contribution in [3.05, 3.63) is 65.7 Å². The number of ether oxygens (including phenoxy) is 1. The van der Waals surface area contributed by atoms with Gasteiger partial charge >= 0.3 is 0 Å².